The molecule has 6 aromatic carbocycles. The molecule has 2 heteroatoms. The normalized spacial score (nSPS) is 11.8. The van der Waals surface area contributed by atoms with E-state index in [1.54, 1.807) is 10.4 Å². The molecule has 50 heavy (non-hydrogen) atoms. The maximum absolute atomic E-state index is 2.58. The first-order valence-electron chi connectivity index (χ1n) is 18.2. The van der Waals surface area contributed by atoms with E-state index in [9.17, 15) is 0 Å². The van der Waals surface area contributed by atoms with Crippen LogP contribution in [0.3, 0.4) is 0 Å². The Morgan fingerprint density at radius 1 is 0.480 bits per heavy atom. The minimum absolute atomic E-state index is 0. The van der Waals surface area contributed by atoms with Crippen LogP contribution in [0.4, 0.5) is 0 Å². The molecule has 260 valence electrons. The summed E-state index contributed by atoms with van der Waals surface area (Å²) >= 11 is 0. The first kappa shape index (κ1) is 41.6. The molecule has 0 amide bonds. The average molecular weight is 844 g/mol. The molecule has 0 radical (unpaired) electrons. The molecule has 0 heterocycles. The number of fused-ring (bicyclic) bond motifs is 2. The molecular formula is C48H60HfSi. The van der Waals surface area contributed by atoms with Crippen molar-refractivity contribution in [2.75, 3.05) is 0 Å². The van der Waals surface area contributed by atoms with E-state index in [-0.39, 0.29) is 40.7 Å². The summed E-state index contributed by atoms with van der Waals surface area (Å²) in [6.45, 7) is 23.4. The summed E-state index contributed by atoms with van der Waals surface area (Å²) in [5.41, 5.74) is 11.2. The van der Waals surface area contributed by atoms with E-state index in [1.165, 1.54) is 78.1 Å². The molecule has 0 fully saturated rings. The third-order valence-electron chi connectivity index (χ3n) is 11.1. The third kappa shape index (κ3) is 7.68. The van der Waals surface area contributed by atoms with E-state index in [2.05, 4.69) is 166 Å². The Balaban J connectivity index is 0.00000225. The maximum atomic E-state index is 2.58. The van der Waals surface area contributed by atoms with E-state index >= 15 is 0 Å². The van der Waals surface area contributed by atoms with Crippen molar-refractivity contribution in [3.63, 3.8) is 0 Å². The van der Waals surface area contributed by atoms with E-state index in [4.69, 9.17) is 0 Å². The van der Waals surface area contributed by atoms with Crippen molar-refractivity contribution in [3.05, 3.63) is 134 Å². The smallest absolute Gasteiger partial charge is 0.358 e. The molecule has 0 unspecified atom stereocenters. The molecule has 0 N–H and O–H groups in total. The Morgan fingerprint density at radius 3 is 1.08 bits per heavy atom. The molecule has 0 atom stereocenters. The van der Waals surface area contributed by atoms with Crippen LogP contribution in [0.25, 0.3) is 43.8 Å². The van der Waals surface area contributed by atoms with Gasteiger partial charge in [-0.25, -0.2) is 0 Å². The summed E-state index contributed by atoms with van der Waals surface area (Å²) < 4.78 is 0. The second kappa shape index (κ2) is 16.7. The molecular weight excluding hydrogens is 783 g/mol. The number of rotatable bonds is 10. The van der Waals surface area contributed by atoms with Gasteiger partial charge in [0.1, 0.15) is 0 Å². The average Bonchev–Trinajstić information content (AvgIpc) is 3.70. The van der Waals surface area contributed by atoms with Crippen LogP contribution in [-0.2, 0) is 25.8 Å². The molecule has 0 bridgehead atoms. The van der Waals surface area contributed by atoms with Gasteiger partial charge in [0.05, 0.1) is 8.07 Å². The van der Waals surface area contributed by atoms with Gasteiger partial charge in [0.2, 0.25) is 0 Å². The quantitative estimate of drug-likeness (QED) is 0.0952. The van der Waals surface area contributed by atoms with Gasteiger partial charge >= 0.3 is 25.8 Å². The van der Waals surface area contributed by atoms with Gasteiger partial charge in [-0.2, -0.15) is 12.1 Å². The number of hydrogen-bond donors (Lipinski definition) is 0. The van der Waals surface area contributed by atoms with Crippen molar-refractivity contribution in [3.8, 4) is 22.3 Å². The minimum Gasteiger partial charge on any atom is -0.358 e. The fourth-order valence-corrected chi connectivity index (χ4v) is 11.9. The van der Waals surface area contributed by atoms with Crippen LogP contribution >= 0.6 is 0 Å². The van der Waals surface area contributed by atoms with Crippen LogP contribution in [0.2, 0.25) is 12.1 Å². The molecule has 0 aliphatic carbocycles. The standard InChI is InChI=1S/C46H54Si.2CH3.Hf/c1-11-47(12-2,41-25-33-15-13-17-43(45(33)27-41)39-21-35(29(3)4)19-36(22-39)30(5)6)42-26-34-16-14-18-44(46(34)28-42)40-23-37(31(7)8)20-38(24-40)32(9)10;;;/h13-32H,11-12H2,1-10H3;2*1H3;/q-2;2*-1;+4. The maximum Gasteiger partial charge on any atom is 4.00 e. The van der Waals surface area contributed by atoms with Gasteiger partial charge in [-0.15, -0.1) is 68.3 Å². The Hall–Kier alpha value is -2.81. The number of hydrogen-bond acceptors (Lipinski definition) is 0. The SMILES string of the molecule is CC[Si](CC)(c1cc2c(-c3cc(C(C)C)cc(C(C)C)c3)cccc2[cH-]1)c1cc2c(-c3cc(C(C)C)cc(C(C)C)c3)cccc2[cH-]1.[CH3-].[CH3-].[Hf+4]. The van der Waals surface area contributed by atoms with E-state index < -0.39 is 8.07 Å². The van der Waals surface area contributed by atoms with Crippen LogP contribution in [0, 0.1) is 14.9 Å². The Labute approximate surface area is 325 Å². The predicted molar refractivity (Wildman–Crippen MR) is 225 cm³/mol. The van der Waals surface area contributed by atoms with Gasteiger partial charge in [0, 0.05) is 0 Å². The first-order valence-corrected chi connectivity index (χ1v) is 20.6. The van der Waals surface area contributed by atoms with Gasteiger partial charge in [-0.05, 0) is 57.1 Å². The summed E-state index contributed by atoms with van der Waals surface area (Å²) in [7, 11) is -2.02. The summed E-state index contributed by atoms with van der Waals surface area (Å²) in [5, 5.41) is 8.71. The van der Waals surface area contributed by atoms with Crippen molar-refractivity contribution >= 4 is 40.0 Å². The zero-order chi connectivity index (χ0) is 33.6. The molecule has 0 aliphatic rings. The van der Waals surface area contributed by atoms with Crippen molar-refractivity contribution in [1.29, 1.82) is 0 Å². The summed E-state index contributed by atoms with van der Waals surface area (Å²) in [4.78, 5) is 0. The van der Waals surface area contributed by atoms with Crippen molar-refractivity contribution < 1.29 is 25.8 Å². The van der Waals surface area contributed by atoms with Crippen molar-refractivity contribution in [2.24, 2.45) is 0 Å². The Morgan fingerprint density at radius 2 is 0.800 bits per heavy atom. The first-order chi connectivity index (χ1) is 22.4. The molecule has 0 aliphatic heterocycles. The summed E-state index contributed by atoms with van der Waals surface area (Å²) in [5.74, 6) is 2.01. The van der Waals surface area contributed by atoms with Crippen molar-refractivity contribution in [2.45, 2.75) is 105 Å². The van der Waals surface area contributed by atoms with E-state index in [0.29, 0.717) is 23.7 Å². The molecule has 0 aromatic heterocycles. The van der Waals surface area contributed by atoms with Crippen LogP contribution in [0.5, 0.6) is 0 Å². The zero-order valence-electron chi connectivity index (χ0n) is 33.0. The van der Waals surface area contributed by atoms with Gasteiger partial charge in [0.15, 0.2) is 0 Å². The summed E-state index contributed by atoms with van der Waals surface area (Å²) in [6, 6.07) is 41.1. The van der Waals surface area contributed by atoms with Gasteiger partial charge < -0.3 is 14.9 Å². The van der Waals surface area contributed by atoms with Crippen LogP contribution in [-0.4, -0.2) is 8.07 Å². The van der Waals surface area contributed by atoms with Gasteiger partial charge in [-0.3, -0.25) is 0 Å². The van der Waals surface area contributed by atoms with Gasteiger partial charge in [-0.1, -0.05) is 141 Å². The largest absolute Gasteiger partial charge is 4.00 e. The van der Waals surface area contributed by atoms with E-state index in [1.807, 2.05) is 0 Å². The number of benzene rings is 4. The molecule has 0 saturated carbocycles. The topological polar surface area (TPSA) is 0 Å². The fourth-order valence-electron chi connectivity index (χ4n) is 7.76. The predicted octanol–water partition coefficient (Wildman–Crippen LogP) is 13.8. The van der Waals surface area contributed by atoms with Gasteiger partial charge in [0.25, 0.3) is 0 Å². The zero-order valence-corrected chi connectivity index (χ0v) is 37.6. The molecule has 6 aromatic rings. The fraction of sp³-hybridized carbons (Fsp3) is 0.333. The third-order valence-corrected chi connectivity index (χ3v) is 16.3. The molecule has 0 spiro atoms. The summed E-state index contributed by atoms with van der Waals surface area (Å²) in [6.07, 6.45) is 0. The Kier molecular flexibility index (Phi) is 13.9. The molecule has 6 rings (SSSR count). The second-order valence-electron chi connectivity index (χ2n) is 15.3. The monoisotopic (exact) mass is 844 g/mol. The van der Waals surface area contributed by atoms with Crippen LogP contribution in [0.15, 0.2) is 97.1 Å². The van der Waals surface area contributed by atoms with Crippen LogP contribution < -0.4 is 10.4 Å². The molecule has 0 saturated heterocycles. The second-order valence-corrected chi connectivity index (χ2v) is 20.0. The van der Waals surface area contributed by atoms with Crippen molar-refractivity contribution in [1.82, 2.24) is 0 Å². The van der Waals surface area contributed by atoms with E-state index in [0.717, 1.165) is 0 Å². The van der Waals surface area contributed by atoms with Crippen LogP contribution in [0.1, 0.15) is 115 Å². The minimum atomic E-state index is -2.02. The Bertz CT molecular complexity index is 1830. The molecule has 0 nitrogen and oxygen atoms in total.